The first-order valence-corrected chi connectivity index (χ1v) is 23.0. The first-order chi connectivity index (χ1) is 28.9. The van der Waals surface area contributed by atoms with E-state index in [1.807, 2.05) is 0 Å². The van der Waals surface area contributed by atoms with E-state index < -0.39 is 0 Å². The molecule has 0 unspecified atom stereocenters. The van der Waals surface area contributed by atoms with Crippen LogP contribution in [0.1, 0.15) is 0 Å². The highest BCUT2D eigenvalue weighted by molar-refractivity contribution is 6.75. The first-order valence-electron chi connectivity index (χ1n) is 23.0. The van der Waals surface area contributed by atoms with Crippen LogP contribution in [0.25, 0.3) is 76.9 Å². The quantitative estimate of drug-likeness (QED) is 0.129. The van der Waals surface area contributed by atoms with E-state index in [1.165, 1.54) is 191 Å². The predicted octanol–water partition coefficient (Wildman–Crippen LogP) is -29.2. The van der Waals surface area contributed by atoms with Crippen molar-refractivity contribution in [2.75, 3.05) is 0 Å². The number of hydrogen-bond acceptors (Lipinski definition) is 1. The lowest BCUT2D eigenvalue weighted by molar-refractivity contribution is 0.673. The minimum Gasteiger partial charge on any atom is -0.456 e. The van der Waals surface area contributed by atoms with E-state index in [-0.39, 0.29) is 0 Å². The molecule has 0 saturated heterocycles. The molecule has 1 nitrogen and oxygen atoms in total. The van der Waals surface area contributed by atoms with Crippen molar-refractivity contribution in [2.45, 2.75) is 0 Å². The summed E-state index contributed by atoms with van der Waals surface area (Å²) in [5, 5.41) is 8.04. The van der Waals surface area contributed by atoms with Gasteiger partial charge in [-0.3, -0.25) is 0 Å². The number of furan rings is 1. The van der Waals surface area contributed by atoms with Crippen molar-refractivity contribution < 1.29 is 4.42 Å². The molecule has 0 saturated carbocycles. The fourth-order valence-electron chi connectivity index (χ4n) is 11.9. The van der Waals surface area contributed by atoms with Gasteiger partial charge in [-0.1, -0.05) is 82.5 Å². The highest BCUT2D eigenvalue weighted by atomic mass is 16.3. The normalized spacial score (nSPS) is 11.7. The zero-order valence-electron chi connectivity index (χ0n) is 42.5. The van der Waals surface area contributed by atoms with Crippen LogP contribution in [0.3, 0.4) is 0 Å². The minimum atomic E-state index is 1.02. The molecule has 8 rings (SSSR count). The maximum absolute atomic E-state index is 7.58. The molecule has 0 aliphatic carbocycles. The van der Waals surface area contributed by atoms with Gasteiger partial charge in [-0.05, 0) is 49.4 Å². The molecule has 0 radical (unpaired) electrons. The fourth-order valence-corrected chi connectivity index (χ4v) is 11.9. The molecule has 0 bridgehead atoms. The molecule has 1 heterocycles. The summed E-state index contributed by atoms with van der Waals surface area (Å²) in [6.07, 6.45) is 0. The number of rotatable bonds is 3. The number of hydrogen-bond donors (Lipinski definition) is 0. The summed E-state index contributed by atoms with van der Waals surface area (Å²) < 4.78 is 7.58. The average molecular weight is 768 g/mol. The Kier molecular flexibility index (Phi) is 11.0. The van der Waals surface area contributed by atoms with Gasteiger partial charge in [0.2, 0.25) is 0 Å². The zero-order valence-corrected chi connectivity index (χ0v) is 42.5. The Morgan fingerprint density at radius 1 is 0.210 bits per heavy atom. The summed E-state index contributed by atoms with van der Waals surface area (Å²) in [4.78, 5) is 0. The first kappa shape index (κ1) is 44.9. The van der Waals surface area contributed by atoms with Gasteiger partial charge in [-0.15, -0.1) is 49.2 Å². The van der Waals surface area contributed by atoms with Gasteiger partial charge in [0.25, 0.3) is 0 Å². The molecular formula is C38H47B23O. The Balaban J connectivity index is 1.72. The van der Waals surface area contributed by atoms with Crippen LogP contribution in [-0.4, -0.2) is 180 Å². The van der Waals surface area contributed by atoms with Gasteiger partial charge in [-0.2, -0.15) is 0 Å². The monoisotopic (exact) mass is 773 g/mol. The lowest BCUT2D eigenvalue weighted by atomic mass is 9.56. The van der Waals surface area contributed by atoms with E-state index in [0.29, 0.717) is 0 Å². The largest absolute Gasteiger partial charge is 0.456 e. The summed E-state index contributed by atoms with van der Waals surface area (Å²) in [5.41, 5.74) is 41.3. The van der Waals surface area contributed by atoms with Gasteiger partial charge in [-0.25, -0.2) is 0 Å². The summed E-state index contributed by atoms with van der Waals surface area (Å²) in [5.74, 6) is 0. The van der Waals surface area contributed by atoms with Gasteiger partial charge >= 0.3 is 0 Å². The van der Waals surface area contributed by atoms with Gasteiger partial charge in [0, 0.05) is 16.3 Å². The van der Waals surface area contributed by atoms with Crippen LogP contribution >= 0.6 is 0 Å². The van der Waals surface area contributed by atoms with Crippen molar-refractivity contribution in [1.82, 2.24) is 0 Å². The Bertz CT molecular complexity index is 3330. The van der Waals surface area contributed by atoms with Gasteiger partial charge in [0.1, 0.15) is 192 Å². The third kappa shape index (κ3) is 5.81. The molecule has 0 spiro atoms. The average Bonchev–Trinajstić information content (AvgIpc) is 3.65. The molecule has 0 N–H and O–H groups in total. The molecule has 7 aromatic carbocycles. The summed E-state index contributed by atoms with van der Waals surface area (Å²) >= 11 is 0. The second-order valence-electron chi connectivity index (χ2n) is 19.9. The van der Waals surface area contributed by atoms with Crippen molar-refractivity contribution in [1.29, 1.82) is 0 Å². The van der Waals surface area contributed by atoms with Crippen molar-refractivity contribution in [3.63, 3.8) is 0 Å². The van der Waals surface area contributed by atoms with Gasteiger partial charge in [0.15, 0.2) is 0 Å². The highest BCUT2D eigenvalue weighted by Gasteiger charge is 2.31. The number of fused-ring (bicyclic) bond motifs is 5. The molecule has 0 atom stereocenters. The standard InChI is InChI=1S/C38H47B23O/c39-3-1-2(15(40)27(52)16(3)41)4-17(42)13-14-26(51)28(53)25(50)12(37(14)62-38(13)36(61)18(4)43)6-9-7(19(44)29(54)31(56)21(9)46)5(8-10(6)22(47)32(57)30(55)20(8)45)11-23(48)33(58)35(60)34(59)24(11)49/h1H,39-61H2. The minimum absolute atomic E-state index is 1.02. The molecule has 0 fully saturated rings. The zero-order chi connectivity index (χ0) is 45.8. The SMILES string of the molecule is Bc1cc(-c2c(B)c(B)c3oc4c(-c5c6c(B)c(B)c(B)c(B)c6c(-c6c(B)c(B)c(B)c(B)c6B)c6c(B)c(B)c(B)c(B)c56)c(B)c(B)c(B)c4c3c2B)c(B)c(B)c1B. The Morgan fingerprint density at radius 2 is 0.516 bits per heavy atom. The van der Waals surface area contributed by atoms with Gasteiger partial charge < -0.3 is 4.42 Å². The molecule has 0 aliphatic rings. The molecule has 0 aliphatic heterocycles. The third-order valence-electron chi connectivity index (χ3n) is 17.7. The van der Waals surface area contributed by atoms with Gasteiger partial charge in [0.05, 0.1) is 0 Å². The lowest BCUT2D eigenvalue weighted by Gasteiger charge is -2.31. The topological polar surface area (TPSA) is 13.1 Å². The van der Waals surface area contributed by atoms with E-state index in [0.717, 1.165) is 11.2 Å². The van der Waals surface area contributed by atoms with Crippen molar-refractivity contribution in [2.24, 2.45) is 0 Å². The summed E-state index contributed by atoms with van der Waals surface area (Å²) in [6.45, 7) is 0. The Hall–Kier alpha value is -3.65. The van der Waals surface area contributed by atoms with Crippen molar-refractivity contribution in [3.05, 3.63) is 6.07 Å². The Morgan fingerprint density at radius 3 is 0.968 bits per heavy atom. The molecule has 24 heteroatoms. The second kappa shape index (κ2) is 15.2. The van der Waals surface area contributed by atoms with E-state index in [2.05, 4.69) is 187 Å². The summed E-state index contributed by atoms with van der Waals surface area (Å²) in [6, 6.07) is 2.43. The second-order valence-corrected chi connectivity index (χ2v) is 19.9. The summed E-state index contributed by atoms with van der Waals surface area (Å²) in [7, 11) is 53.8. The van der Waals surface area contributed by atoms with E-state index >= 15 is 0 Å². The molecule has 274 valence electrons. The number of benzene rings is 7. The van der Waals surface area contributed by atoms with Crippen LogP contribution in [-0.2, 0) is 0 Å². The highest BCUT2D eigenvalue weighted by Crippen LogP contribution is 2.42. The van der Waals surface area contributed by atoms with Crippen LogP contribution in [0.2, 0.25) is 0 Å². The molecule has 0 amide bonds. The fraction of sp³-hybridized carbons (Fsp3) is 0. The van der Waals surface area contributed by atoms with E-state index in [9.17, 15) is 0 Å². The Labute approximate surface area is 391 Å². The van der Waals surface area contributed by atoms with Crippen LogP contribution < -0.4 is 126 Å². The van der Waals surface area contributed by atoms with Crippen molar-refractivity contribution >= 4 is 350 Å². The van der Waals surface area contributed by atoms with Crippen LogP contribution in [0, 0.1) is 0 Å². The third-order valence-corrected chi connectivity index (χ3v) is 17.7. The predicted molar refractivity (Wildman–Crippen MR) is 353 cm³/mol. The maximum atomic E-state index is 7.58. The molecule has 62 heavy (non-hydrogen) atoms. The van der Waals surface area contributed by atoms with Crippen LogP contribution in [0.5, 0.6) is 0 Å². The van der Waals surface area contributed by atoms with Crippen LogP contribution in [0.15, 0.2) is 10.5 Å². The van der Waals surface area contributed by atoms with Crippen LogP contribution in [0.4, 0.5) is 0 Å². The molecular weight excluding hydrogens is 721 g/mol. The molecule has 1 aromatic heterocycles. The van der Waals surface area contributed by atoms with E-state index in [1.54, 1.807) is 0 Å². The smallest absolute Gasteiger partial charge is 0.143 e. The lowest BCUT2D eigenvalue weighted by Crippen LogP contribution is -2.55. The maximum Gasteiger partial charge on any atom is 0.143 e. The van der Waals surface area contributed by atoms with Crippen molar-refractivity contribution in [3.8, 4) is 33.4 Å². The molecule has 8 aromatic rings. The van der Waals surface area contributed by atoms with E-state index in [4.69, 9.17) is 4.42 Å².